The molecular weight excluding hydrogens is 1990 g/mol. The van der Waals surface area contributed by atoms with Gasteiger partial charge >= 0.3 is 56.4 Å². The Hall–Kier alpha value is -2.69. The van der Waals surface area contributed by atoms with Crippen LogP contribution in [-0.4, -0.2) is 253 Å². The number of unbranched alkanes of at least 4 members (excludes halogenated alkanes) is 16. The van der Waals surface area contributed by atoms with Crippen molar-refractivity contribution < 1.29 is 154 Å². The van der Waals surface area contributed by atoms with Gasteiger partial charge in [-0.05, 0) is 204 Å². The fraction of sp³-hybridized carbons (Fsp3) is 0.930. The summed E-state index contributed by atoms with van der Waals surface area (Å²) in [7, 11) is 2.69. The van der Waals surface area contributed by atoms with Crippen molar-refractivity contribution in [3.63, 3.8) is 0 Å². The van der Waals surface area contributed by atoms with Gasteiger partial charge in [0.1, 0.15) is 6.10 Å². The van der Waals surface area contributed by atoms with E-state index in [-0.39, 0.29) is 0 Å². The van der Waals surface area contributed by atoms with Crippen molar-refractivity contribution in [3.05, 3.63) is 49.6 Å². The maximum Gasteiger partial charge on any atom is 0.500 e. The third-order valence-corrected chi connectivity index (χ3v) is 33.8. The first kappa shape index (κ1) is 131. The topological polar surface area (TPSA) is 200 Å². The Labute approximate surface area is 883 Å². The number of rotatable bonds is 45. The summed E-state index contributed by atoms with van der Waals surface area (Å²) in [5.74, 6) is -53.2. The van der Waals surface area contributed by atoms with Crippen molar-refractivity contribution in [2.24, 2.45) is 17.8 Å². The fourth-order valence-electron chi connectivity index (χ4n) is 20.1. The van der Waals surface area contributed by atoms with Gasteiger partial charge in [-0.3, -0.25) is 0 Å². The zero-order valence-corrected chi connectivity index (χ0v) is 92.2. The quantitative estimate of drug-likeness (QED) is 0.0183. The zero-order valence-electron chi connectivity index (χ0n) is 91.2. The molecule has 0 spiro atoms. The first-order chi connectivity index (χ1) is 71.5. The molecule has 0 aromatic carbocycles. The molecule has 22 unspecified atom stereocenters. The van der Waals surface area contributed by atoms with Gasteiger partial charge in [-0.1, -0.05) is 250 Å². The van der Waals surface area contributed by atoms with E-state index >= 15 is 0 Å². The summed E-state index contributed by atoms with van der Waals surface area (Å²) < 4.78 is 307. The van der Waals surface area contributed by atoms with E-state index in [9.17, 15) is 74.6 Å². The molecule has 22 atom stereocenters. The Kier molecular flexibility index (Phi) is 60.9. The lowest BCUT2D eigenvalue weighted by Crippen LogP contribution is -2.74. The minimum absolute atomic E-state index is 0.431. The number of halogens is 17. The van der Waals surface area contributed by atoms with E-state index in [2.05, 4.69) is 63.0 Å². The third kappa shape index (κ3) is 51.2. The van der Waals surface area contributed by atoms with Gasteiger partial charge in [0.15, 0.2) is 0 Å². The molecule has 17 nitrogen and oxygen atoms in total. The number of epoxide rings is 13. The molecule has 20 aliphatic rings. The minimum atomic E-state index is -8.59. The molecule has 0 aromatic heterocycles. The largest absolute Gasteiger partial charge is 0.500 e. The van der Waals surface area contributed by atoms with E-state index < -0.39 is 75.6 Å². The molecule has 6 saturated carbocycles. The van der Waals surface area contributed by atoms with Crippen LogP contribution in [0.15, 0.2) is 49.6 Å². The predicted molar refractivity (Wildman–Crippen MR) is 547 cm³/mol. The molecule has 19 fully saturated rings. The van der Waals surface area contributed by atoms with E-state index in [1.165, 1.54) is 360 Å². The lowest BCUT2D eigenvalue weighted by molar-refractivity contribution is -0.461. The van der Waals surface area contributed by atoms with E-state index in [1.54, 1.807) is 21.3 Å². The highest BCUT2D eigenvalue weighted by Gasteiger charge is 2.95. The van der Waals surface area contributed by atoms with E-state index in [1.807, 2.05) is 19.1 Å². The van der Waals surface area contributed by atoms with Crippen molar-refractivity contribution in [1.29, 1.82) is 0 Å². The normalized spacial score (nSPS) is 31.1. The molecule has 0 N–H and O–H groups in total. The maximum absolute atomic E-state index is 13.3. The van der Waals surface area contributed by atoms with E-state index in [0.717, 1.165) is 102 Å². The Morgan fingerprint density at radius 1 is 0.295 bits per heavy atom. The molecule has 13 aliphatic heterocycles. The molecule has 0 radical (unpaired) electrons. The Morgan fingerprint density at radius 2 is 0.631 bits per heavy atom. The van der Waals surface area contributed by atoms with Crippen LogP contribution in [0.1, 0.15) is 407 Å². The van der Waals surface area contributed by atoms with Crippen LogP contribution < -0.4 is 0 Å². The van der Waals surface area contributed by atoms with Crippen molar-refractivity contribution in [1.82, 2.24) is 0 Å². The molecule has 20 rings (SSSR count). The van der Waals surface area contributed by atoms with E-state index in [4.69, 9.17) is 74.9 Å². The molecule has 0 amide bonds. The lowest BCUT2D eigenvalue weighted by Gasteiger charge is -2.42. The van der Waals surface area contributed by atoms with Crippen molar-refractivity contribution in [2.45, 2.75) is 576 Å². The average molecular weight is 2180 g/mol. The van der Waals surface area contributed by atoms with Gasteiger partial charge in [0.25, 0.3) is 0 Å². The fourth-order valence-corrected chi connectivity index (χ4v) is 22.0. The summed E-state index contributed by atoms with van der Waals surface area (Å²) in [6.07, 6.45) is 90.9. The van der Waals surface area contributed by atoms with Gasteiger partial charge in [-0.15, -0.1) is 13.2 Å². The number of hydrogen-bond acceptors (Lipinski definition) is 17. The maximum atomic E-state index is 13.3. The van der Waals surface area contributed by atoms with Crippen LogP contribution in [0.3, 0.4) is 0 Å². The number of alkyl halides is 17. The van der Waals surface area contributed by atoms with Crippen LogP contribution in [0.2, 0.25) is 6.04 Å². The zero-order chi connectivity index (χ0) is 108. The van der Waals surface area contributed by atoms with Crippen molar-refractivity contribution in [2.75, 3.05) is 80.8 Å². The highest BCUT2D eigenvalue weighted by atomic mass is 28.4. The SMILES string of the molecule is C1=CCCC2OC2CC/C=C\CC1.C1CC2CC1C1OC21.C1CC2OC2C1.C1CCCC2OC2CC1.C1CCCCCC2OC2CCCC1.C=CCCC1CO1.C=CCCCCCCC1CO1.CCCC1CO1.CCCCC1CO1.CCCCCCCCCCCCCCC1CO1.CCOCC1CO1.CO[Si](CCC1CCC2OC2C1)(OC)OC.FC(F)(F)C(F)(F)C(F)(F)C(F)(F)C(F)(F)C(F)(F)C(F)(F)C(F)(F)CC1CO1. The van der Waals surface area contributed by atoms with E-state index in [0.29, 0.717) is 97.7 Å². The first-order valence-corrected chi connectivity index (χ1v) is 60.1. The number of ether oxygens (including phenoxy) is 14. The molecule has 7 aliphatic carbocycles. The monoisotopic (exact) mass is 2180 g/mol. The summed E-state index contributed by atoms with van der Waals surface area (Å²) in [6, 6.07) is 0.915. The number of fused-ring (bicyclic) bond motifs is 10. The summed E-state index contributed by atoms with van der Waals surface area (Å²) in [4.78, 5) is 0. The highest BCUT2D eigenvalue weighted by molar-refractivity contribution is 6.60. The molecule has 872 valence electrons. The standard InChI is InChI=1S/C16H32O.C12H22O.C12H18O.C11H5F17O.C11H22O4Si.C10H18O.C8H14O.C7H10O.C6H12O.C6H10O.C5H10O2.C5H8O.C5H10O/c1-2-3-4-5-6-7-8-9-10-11-12-13-14-16-15-17-16;2*1-2-4-6-8-10-12-11(13-12)9-7-5-3-1;12-4(13,1-3-2-29-3)5(14,15)6(16,17)7(18,19)8(20,21)9(22,23)10(24,25)11(26,27)28;1-12-16(13-2,14-3)7-6-9-4-5-10-11(8-9)15-10;1-2-3-4-5-6-7-8-10-9-11-10;1-2-4-6-8-7(9-8)5-3-1;1-2-5-3-4(1)6-7(5)8-6;2*1-2-3-4-6-5-7-6;1-2-6-3-5-4-7-5;1-2-4-5(3-1)6-4;1-2-3-5-4-6-5/h16H,2-15H2,1H3;11-12H,1-10H2;3-6,11-12H,1-2,7-10H2;3H,1-2H2;9-11H,4-8H2,1-3H3;2,10H,1,3-9H2;7-8H,1-6H2;4-7H,1-3H2;6H,2-5H2,1H3;2,6H,1,3-5H2;5H,2-4H2,1H3;4-5H,1-3H2;5H,2-4H2,1H3/b;;5-3-,6-4?;;;;;;;;;;. The third-order valence-electron chi connectivity index (χ3n) is 31.0. The van der Waals surface area contributed by atoms with Crippen LogP contribution >= 0.6 is 0 Å². The smallest absolute Gasteiger partial charge is 0.379 e. The predicted octanol–water partition coefficient (Wildman–Crippen LogP) is 31.6. The minimum Gasteiger partial charge on any atom is -0.379 e. The second-order valence-electron chi connectivity index (χ2n) is 43.9. The second kappa shape index (κ2) is 69.1. The van der Waals surface area contributed by atoms with Gasteiger partial charge < -0.3 is 79.6 Å². The van der Waals surface area contributed by atoms with Gasteiger partial charge in [0.05, 0.1) is 163 Å². The Balaban J connectivity index is 0.000000202. The Bertz CT molecular complexity index is 3440. The molecular formula is C114H191F17O17Si. The Morgan fingerprint density at radius 3 is 0.980 bits per heavy atom. The van der Waals surface area contributed by atoms with Crippen molar-refractivity contribution >= 4 is 8.80 Å². The van der Waals surface area contributed by atoms with Crippen molar-refractivity contribution in [3.8, 4) is 0 Å². The summed E-state index contributed by atoms with van der Waals surface area (Å²) in [5, 5.41) is 0. The van der Waals surface area contributed by atoms with Crippen LogP contribution in [0, 0.1) is 17.8 Å². The molecule has 13 heterocycles. The van der Waals surface area contributed by atoms with Gasteiger partial charge in [0, 0.05) is 40.4 Å². The average Bonchev–Trinajstić information content (AvgIpc) is 1.23. The summed E-state index contributed by atoms with van der Waals surface area (Å²) in [5.41, 5.74) is 0. The lowest BCUT2D eigenvalue weighted by atomic mass is 9.88. The van der Waals surface area contributed by atoms with Crippen LogP contribution in [-0.2, 0) is 79.6 Å². The number of hydrogen-bond donors (Lipinski definition) is 0. The molecule has 2 bridgehead atoms. The summed E-state index contributed by atoms with van der Waals surface area (Å²) in [6.45, 7) is 22.8. The second-order valence-corrected chi connectivity index (χ2v) is 47.0. The molecule has 13 saturated heterocycles. The van der Waals surface area contributed by atoms with Crippen LogP contribution in [0.4, 0.5) is 74.6 Å². The molecule has 149 heavy (non-hydrogen) atoms. The van der Waals surface area contributed by atoms with Gasteiger partial charge in [-0.2, -0.15) is 74.6 Å². The highest BCUT2D eigenvalue weighted by Crippen LogP contribution is 2.65. The molecule has 0 aromatic rings. The summed E-state index contributed by atoms with van der Waals surface area (Å²) >= 11 is 0. The van der Waals surface area contributed by atoms with Crippen LogP contribution in [0.5, 0.6) is 0 Å². The van der Waals surface area contributed by atoms with Crippen LogP contribution in [0.25, 0.3) is 0 Å². The first-order valence-electron chi connectivity index (χ1n) is 58.2. The van der Waals surface area contributed by atoms with Gasteiger partial charge in [0.2, 0.25) is 0 Å². The van der Waals surface area contributed by atoms with Gasteiger partial charge in [-0.25, -0.2) is 0 Å². The number of allylic oxidation sites excluding steroid dienone is 6. The molecule has 35 heteroatoms.